The molecule has 150 valence electrons. The number of hydrogen-bond acceptors (Lipinski definition) is 6. The van der Waals surface area contributed by atoms with Gasteiger partial charge >= 0.3 is 5.97 Å². The van der Waals surface area contributed by atoms with Crippen LogP contribution in [0.2, 0.25) is 0 Å². The van der Waals surface area contributed by atoms with E-state index in [4.69, 9.17) is 14.0 Å². The summed E-state index contributed by atoms with van der Waals surface area (Å²) in [6, 6.07) is 13.8. The van der Waals surface area contributed by atoms with Gasteiger partial charge in [0.05, 0.1) is 11.3 Å². The van der Waals surface area contributed by atoms with Gasteiger partial charge < -0.3 is 19.3 Å². The third-order valence-electron chi connectivity index (χ3n) is 4.12. The zero-order valence-corrected chi connectivity index (χ0v) is 17.5. The molecule has 29 heavy (non-hydrogen) atoms. The second-order valence-corrected chi connectivity index (χ2v) is 7.13. The molecule has 0 saturated carbocycles. The first-order valence-electron chi connectivity index (χ1n) is 8.80. The number of aryl methyl sites for hydroxylation is 2. The van der Waals surface area contributed by atoms with Crippen molar-refractivity contribution in [2.45, 2.75) is 20.5 Å². The number of para-hydroxylation sites is 1. The van der Waals surface area contributed by atoms with Crippen LogP contribution in [0.4, 0.5) is 5.69 Å². The Morgan fingerprint density at radius 1 is 1.10 bits per heavy atom. The standard InChI is InChI=1S/C21H19BrN2O5/c1-13-18(14(2)29-24-13)11-28-21(26)17-5-3-4-6-19(17)27-12-20(25)23-16-9-7-15(22)8-10-16/h3-10H,11-12H2,1-2H3,(H,23,25). The van der Waals surface area contributed by atoms with Crippen molar-refractivity contribution in [1.29, 1.82) is 0 Å². The number of ether oxygens (including phenoxy) is 2. The number of rotatable bonds is 7. The van der Waals surface area contributed by atoms with Gasteiger partial charge in [-0.2, -0.15) is 0 Å². The SMILES string of the molecule is Cc1noc(C)c1COC(=O)c1ccccc1OCC(=O)Nc1ccc(Br)cc1. The largest absolute Gasteiger partial charge is 0.483 e. The number of nitrogens with zero attached hydrogens (tertiary/aromatic N) is 1. The van der Waals surface area contributed by atoms with Crippen molar-refractivity contribution < 1.29 is 23.6 Å². The average molecular weight is 459 g/mol. The van der Waals surface area contributed by atoms with Gasteiger partial charge in [0.15, 0.2) is 6.61 Å². The molecule has 7 nitrogen and oxygen atoms in total. The minimum atomic E-state index is -0.561. The molecule has 0 aliphatic heterocycles. The van der Waals surface area contributed by atoms with Crippen molar-refractivity contribution in [2.24, 2.45) is 0 Å². The lowest BCUT2D eigenvalue weighted by atomic mass is 10.2. The van der Waals surface area contributed by atoms with E-state index in [9.17, 15) is 9.59 Å². The molecular weight excluding hydrogens is 440 g/mol. The van der Waals surface area contributed by atoms with Crippen LogP contribution in [-0.4, -0.2) is 23.6 Å². The number of aromatic nitrogens is 1. The smallest absolute Gasteiger partial charge is 0.342 e. The van der Waals surface area contributed by atoms with Gasteiger partial charge in [0.25, 0.3) is 5.91 Å². The normalized spacial score (nSPS) is 10.4. The van der Waals surface area contributed by atoms with Crippen molar-refractivity contribution in [3.8, 4) is 5.75 Å². The van der Waals surface area contributed by atoms with Gasteiger partial charge in [0.2, 0.25) is 0 Å². The summed E-state index contributed by atoms with van der Waals surface area (Å²) in [4.78, 5) is 24.6. The summed E-state index contributed by atoms with van der Waals surface area (Å²) < 4.78 is 16.9. The highest BCUT2D eigenvalue weighted by Gasteiger charge is 2.17. The number of carbonyl (C=O) groups is 2. The Labute approximate surface area is 176 Å². The Kier molecular flexibility index (Phi) is 6.66. The van der Waals surface area contributed by atoms with Crippen LogP contribution in [0, 0.1) is 13.8 Å². The molecule has 0 aliphatic carbocycles. The maximum absolute atomic E-state index is 12.5. The highest BCUT2D eigenvalue weighted by molar-refractivity contribution is 9.10. The maximum Gasteiger partial charge on any atom is 0.342 e. The van der Waals surface area contributed by atoms with Gasteiger partial charge in [-0.25, -0.2) is 4.79 Å². The topological polar surface area (TPSA) is 90.7 Å². The molecule has 8 heteroatoms. The van der Waals surface area contributed by atoms with Crippen LogP contribution in [0.5, 0.6) is 5.75 Å². The van der Waals surface area contributed by atoms with Gasteiger partial charge in [-0.05, 0) is 50.2 Å². The zero-order chi connectivity index (χ0) is 20.8. The summed E-state index contributed by atoms with van der Waals surface area (Å²) in [6.45, 7) is 3.33. The van der Waals surface area contributed by atoms with Crippen molar-refractivity contribution in [3.05, 3.63) is 75.6 Å². The Balaban J connectivity index is 1.60. The number of carbonyl (C=O) groups excluding carboxylic acids is 2. The fourth-order valence-corrected chi connectivity index (χ4v) is 2.82. The first-order chi connectivity index (χ1) is 13.9. The number of hydrogen-bond donors (Lipinski definition) is 1. The van der Waals surface area contributed by atoms with Crippen molar-refractivity contribution in [2.75, 3.05) is 11.9 Å². The van der Waals surface area contributed by atoms with E-state index in [1.807, 2.05) is 12.1 Å². The Hall–Kier alpha value is -3.13. The van der Waals surface area contributed by atoms with Crippen molar-refractivity contribution in [3.63, 3.8) is 0 Å². The lowest BCUT2D eigenvalue weighted by Crippen LogP contribution is -2.21. The van der Waals surface area contributed by atoms with Crippen LogP contribution >= 0.6 is 15.9 Å². The van der Waals surface area contributed by atoms with E-state index in [-0.39, 0.29) is 30.4 Å². The van der Waals surface area contributed by atoms with Crippen LogP contribution in [0.25, 0.3) is 0 Å². The van der Waals surface area contributed by atoms with E-state index in [1.165, 1.54) is 0 Å². The molecule has 0 fully saturated rings. The zero-order valence-electron chi connectivity index (χ0n) is 15.9. The molecular formula is C21H19BrN2O5. The molecule has 1 amide bonds. The third kappa shape index (κ3) is 5.45. The van der Waals surface area contributed by atoms with Gasteiger partial charge in [0.1, 0.15) is 23.7 Å². The molecule has 0 atom stereocenters. The minimum Gasteiger partial charge on any atom is -0.483 e. The maximum atomic E-state index is 12.5. The Morgan fingerprint density at radius 2 is 1.83 bits per heavy atom. The molecule has 0 bridgehead atoms. The Bertz CT molecular complexity index is 995. The second kappa shape index (κ2) is 9.38. The van der Waals surface area contributed by atoms with E-state index in [0.29, 0.717) is 17.1 Å². The molecule has 3 rings (SSSR count). The molecule has 1 heterocycles. The Morgan fingerprint density at radius 3 is 2.52 bits per heavy atom. The average Bonchev–Trinajstić information content (AvgIpc) is 3.04. The number of halogens is 1. The van der Waals surface area contributed by atoms with Crippen LogP contribution in [0.3, 0.4) is 0 Å². The van der Waals surface area contributed by atoms with Crippen LogP contribution < -0.4 is 10.1 Å². The van der Waals surface area contributed by atoms with Crippen LogP contribution in [-0.2, 0) is 16.1 Å². The van der Waals surface area contributed by atoms with Gasteiger partial charge in [-0.1, -0.05) is 33.2 Å². The van der Waals surface area contributed by atoms with Crippen molar-refractivity contribution in [1.82, 2.24) is 5.16 Å². The summed E-state index contributed by atoms with van der Waals surface area (Å²) in [6.07, 6.45) is 0. The highest BCUT2D eigenvalue weighted by Crippen LogP contribution is 2.21. The highest BCUT2D eigenvalue weighted by atomic mass is 79.9. The molecule has 0 aliphatic rings. The van der Waals surface area contributed by atoms with Crippen LogP contribution in [0.1, 0.15) is 27.4 Å². The fraction of sp³-hybridized carbons (Fsp3) is 0.190. The molecule has 1 aromatic heterocycles. The lowest BCUT2D eigenvalue weighted by molar-refractivity contribution is -0.118. The predicted octanol–water partition coefficient (Wildman–Crippen LogP) is 4.43. The number of benzene rings is 2. The number of esters is 1. The van der Waals surface area contributed by atoms with E-state index >= 15 is 0 Å². The third-order valence-corrected chi connectivity index (χ3v) is 4.65. The molecule has 0 spiro atoms. The summed E-state index contributed by atoms with van der Waals surface area (Å²) in [5.74, 6) is -0.0354. The number of amides is 1. The molecule has 0 unspecified atom stereocenters. The summed E-state index contributed by atoms with van der Waals surface area (Å²) in [5, 5.41) is 6.56. The molecule has 3 aromatic rings. The van der Waals surface area contributed by atoms with Gasteiger partial charge in [-0.15, -0.1) is 0 Å². The van der Waals surface area contributed by atoms with Crippen LogP contribution in [0.15, 0.2) is 57.5 Å². The summed E-state index contributed by atoms with van der Waals surface area (Å²) in [5.41, 5.74) is 2.28. The van der Waals surface area contributed by atoms with E-state index in [0.717, 1.165) is 10.0 Å². The van der Waals surface area contributed by atoms with Gasteiger partial charge in [-0.3, -0.25) is 4.79 Å². The first-order valence-corrected chi connectivity index (χ1v) is 9.59. The molecule has 2 aromatic carbocycles. The number of nitrogens with one attached hydrogen (secondary N) is 1. The fourth-order valence-electron chi connectivity index (χ4n) is 2.56. The predicted molar refractivity (Wildman–Crippen MR) is 110 cm³/mol. The lowest BCUT2D eigenvalue weighted by Gasteiger charge is -2.11. The summed E-state index contributed by atoms with van der Waals surface area (Å²) >= 11 is 3.34. The molecule has 0 radical (unpaired) electrons. The van der Waals surface area contributed by atoms with E-state index < -0.39 is 5.97 Å². The summed E-state index contributed by atoms with van der Waals surface area (Å²) in [7, 11) is 0. The van der Waals surface area contributed by atoms with E-state index in [2.05, 4.69) is 26.4 Å². The van der Waals surface area contributed by atoms with Crippen molar-refractivity contribution >= 4 is 33.5 Å². The molecule has 1 N–H and O–H groups in total. The van der Waals surface area contributed by atoms with E-state index in [1.54, 1.807) is 50.2 Å². The number of anilines is 1. The van der Waals surface area contributed by atoms with Gasteiger partial charge in [0, 0.05) is 10.2 Å². The monoisotopic (exact) mass is 458 g/mol. The molecule has 0 saturated heterocycles. The quantitative estimate of drug-likeness (QED) is 0.526. The second-order valence-electron chi connectivity index (χ2n) is 6.22. The first kappa shape index (κ1) is 20.6. The minimum absolute atomic E-state index is 0.0401.